The molecular formula is C29H28F4O2. The zero-order chi connectivity index (χ0) is 24.9. The van der Waals surface area contributed by atoms with Crippen LogP contribution in [-0.4, -0.2) is 13.2 Å². The van der Waals surface area contributed by atoms with Gasteiger partial charge < -0.3 is 9.47 Å². The number of hydrogen-bond acceptors (Lipinski definition) is 2. The molecule has 4 rings (SSSR count). The largest absolute Gasteiger partial charge is 0.348 e. The van der Waals surface area contributed by atoms with Crippen LogP contribution in [0.4, 0.5) is 17.6 Å². The number of unbranched alkanes of at least 4 members (excludes halogenated alkanes) is 2. The van der Waals surface area contributed by atoms with E-state index in [1.807, 2.05) is 6.92 Å². The SMILES string of the molecule is C=CCCCCc1ccc(-c2ccc(-c3ccc(C4OCC(C)CO4)c(F)c3F)cc2)c(F)c1F. The molecular weight excluding hydrogens is 456 g/mol. The number of allylic oxidation sites excluding steroid dienone is 1. The van der Waals surface area contributed by atoms with Crippen LogP contribution in [0.25, 0.3) is 22.3 Å². The Bertz CT molecular complexity index is 1180. The molecule has 0 saturated carbocycles. The molecule has 0 aromatic heterocycles. The van der Waals surface area contributed by atoms with Crippen molar-refractivity contribution in [2.75, 3.05) is 13.2 Å². The van der Waals surface area contributed by atoms with Crippen molar-refractivity contribution in [1.82, 2.24) is 0 Å². The fourth-order valence-corrected chi connectivity index (χ4v) is 4.19. The highest BCUT2D eigenvalue weighted by molar-refractivity contribution is 5.71. The lowest BCUT2D eigenvalue weighted by Crippen LogP contribution is -2.25. The Morgan fingerprint density at radius 3 is 1.94 bits per heavy atom. The van der Waals surface area contributed by atoms with E-state index in [0.717, 1.165) is 19.3 Å². The molecule has 0 aliphatic carbocycles. The molecule has 2 nitrogen and oxygen atoms in total. The summed E-state index contributed by atoms with van der Waals surface area (Å²) in [7, 11) is 0. The first-order chi connectivity index (χ1) is 16.9. The van der Waals surface area contributed by atoms with Gasteiger partial charge in [0.25, 0.3) is 0 Å². The minimum absolute atomic E-state index is 0.0110. The zero-order valence-corrected chi connectivity index (χ0v) is 19.6. The van der Waals surface area contributed by atoms with E-state index in [1.54, 1.807) is 42.5 Å². The molecule has 0 unspecified atom stereocenters. The van der Waals surface area contributed by atoms with Crippen molar-refractivity contribution in [3.63, 3.8) is 0 Å². The summed E-state index contributed by atoms with van der Waals surface area (Å²) >= 11 is 0. The third kappa shape index (κ3) is 5.49. The lowest BCUT2D eigenvalue weighted by Gasteiger charge is -2.28. The fourth-order valence-electron chi connectivity index (χ4n) is 4.19. The quantitative estimate of drug-likeness (QED) is 0.182. The standard InChI is InChI=1S/C29H28F4O2/c1-3-4-5-6-7-21-12-13-22(26(31)25(21)30)19-8-10-20(11-9-19)23-14-15-24(28(33)27(23)32)29-34-16-18(2)17-35-29/h3,8-15,18,29H,1,4-7,16-17H2,2H3. The smallest absolute Gasteiger partial charge is 0.186 e. The summed E-state index contributed by atoms with van der Waals surface area (Å²) < 4.78 is 70.1. The summed E-state index contributed by atoms with van der Waals surface area (Å²) in [5, 5.41) is 0. The van der Waals surface area contributed by atoms with Gasteiger partial charge in [-0.25, -0.2) is 17.6 Å². The number of benzene rings is 3. The van der Waals surface area contributed by atoms with E-state index in [0.29, 0.717) is 36.3 Å². The van der Waals surface area contributed by atoms with E-state index in [1.165, 1.54) is 12.1 Å². The van der Waals surface area contributed by atoms with Gasteiger partial charge in [0.05, 0.1) is 13.2 Å². The van der Waals surface area contributed by atoms with E-state index in [-0.39, 0.29) is 22.6 Å². The summed E-state index contributed by atoms with van der Waals surface area (Å²) in [6, 6.07) is 12.3. The maximum atomic E-state index is 14.9. The highest BCUT2D eigenvalue weighted by Crippen LogP contribution is 2.34. The Morgan fingerprint density at radius 1 is 0.771 bits per heavy atom. The maximum Gasteiger partial charge on any atom is 0.186 e. The van der Waals surface area contributed by atoms with Crippen LogP contribution in [0.3, 0.4) is 0 Å². The third-order valence-corrected chi connectivity index (χ3v) is 6.20. The molecule has 3 aromatic carbocycles. The first-order valence-electron chi connectivity index (χ1n) is 11.8. The number of halogens is 4. The minimum atomic E-state index is -1.03. The molecule has 0 bridgehead atoms. The van der Waals surface area contributed by atoms with Crippen molar-refractivity contribution < 1.29 is 27.0 Å². The van der Waals surface area contributed by atoms with Crippen molar-refractivity contribution in [2.45, 2.75) is 38.9 Å². The predicted octanol–water partition coefficient (Wildman–Crippen LogP) is 8.16. The highest BCUT2D eigenvalue weighted by atomic mass is 19.2. The van der Waals surface area contributed by atoms with Gasteiger partial charge in [0.2, 0.25) is 0 Å². The molecule has 0 radical (unpaired) electrons. The summed E-state index contributed by atoms with van der Waals surface area (Å²) in [5.41, 5.74) is 1.38. The van der Waals surface area contributed by atoms with E-state index < -0.39 is 29.6 Å². The molecule has 1 aliphatic heterocycles. The second kappa shape index (κ2) is 11.2. The Hall–Kier alpha value is -2.96. The normalized spacial score (nSPS) is 18.0. The average molecular weight is 485 g/mol. The maximum absolute atomic E-state index is 14.9. The predicted molar refractivity (Wildman–Crippen MR) is 129 cm³/mol. The second-order valence-electron chi connectivity index (χ2n) is 8.95. The molecule has 35 heavy (non-hydrogen) atoms. The van der Waals surface area contributed by atoms with Crippen molar-refractivity contribution >= 4 is 0 Å². The molecule has 1 aliphatic rings. The molecule has 6 heteroatoms. The van der Waals surface area contributed by atoms with Crippen molar-refractivity contribution in [3.8, 4) is 22.3 Å². The third-order valence-electron chi connectivity index (χ3n) is 6.20. The van der Waals surface area contributed by atoms with Gasteiger partial charge in [-0.05, 0) is 42.4 Å². The van der Waals surface area contributed by atoms with Crippen LogP contribution in [0.5, 0.6) is 0 Å². The van der Waals surface area contributed by atoms with Crippen molar-refractivity contribution in [1.29, 1.82) is 0 Å². The Labute approximate surface area is 203 Å². The summed E-state index contributed by atoms with van der Waals surface area (Å²) in [6.45, 7) is 6.41. The van der Waals surface area contributed by atoms with Crippen LogP contribution in [0.15, 0.2) is 61.2 Å². The van der Waals surface area contributed by atoms with Gasteiger partial charge in [-0.2, -0.15) is 0 Å². The summed E-state index contributed by atoms with van der Waals surface area (Å²) in [4.78, 5) is 0. The second-order valence-corrected chi connectivity index (χ2v) is 8.95. The summed E-state index contributed by atoms with van der Waals surface area (Å²) in [6.07, 6.45) is 3.76. The van der Waals surface area contributed by atoms with Crippen LogP contribution in [0, 0.1) is 29.2 Å². The van der Waals surface area contributed by atoms with Gasteiger partial charge >= 0.3 is 0 Å². The van der Waals surface area contributed by atoms with Gasteiger partial charge in [-0.3, -0.25) is 0 Å². The molecule has 0 atom stereocenters. The minimum Gasteiger partial charge on any atom is -0.348 e. The lowest BCUT2D eigenvalue weighted by atomic mass is 9.96. The molecule has 184 valence electrons. The Kier molecular flexibility index (Phi) is 8.04. The Balaban J connectivity index is 1.54. The van der Waals surface area contributed by atoms with Gasteiger partial charge in [-0.1, -0.05) is 61.5 Å². The van der Waals surface area contributed by atoms with E-state index in [2.05, 4.69) is 6.58 Å². The summed E-state index contributed by atoms with van der Waals surface area (Å²) in [5.74, 6) is -3.62. The Morgan fingerprint density at radius 2 is 1.34 bits per heavy atom. The lowest BCUT2D eigenvalue weighted by molar-refractivity contribution is -0.203. The number of ether oxygens (including phenoxy) is 2. The average Bonchev–Trinajstić information content (AvgIpc) is 2.87. The molecule has 0 spiro atoms. The van der Waals surface area contributed by atoms with Crippen LogP contribution in [0.1, 0.15) is 43.6 Å². The molecule has 1 saturated heterocycles. The van der Waals surface area contributed by atoms with E-state index >= 15 is 0 Å². The van der Waals surface area contributed by atoms with Crippen LogP contribution in [0.2, 0.25) is 0 Å². The van der Waals surface area contributed by atoms with E-state index in [4.69, 9.17) is 9.47 Å². The highest BCUT2D eigenvalue weighted by Gasteiger charge is 2.26. The first kappa shape index (κ1) is 25.1. The topological polar surface area (TPSA) is 18.5 Å². The first-order valence-corrected chi connectivity index (χ1v) is 11.8. The molecule has 3 aromatic rings. The van der Waals surface area contributed by atoms with Gasteiger partial charge in [0, 0.05) is 22.6 Å². The van der Waals surface area contributed by atoms with Crippen molar-refractivity contribution in [2.24, 2.45) is 5.92 Å². The molecule has 1 fully saturated rings. The number of hydrogen-bond donors (Lipinski definition) is 0. The van der Waals surface area contributed by atoms with Crippen molar-refractivity contribution in [3.05, 3.63) is 95.6 Å². The monoisotopic (exact) mass is 484 g/mol. The van der Waals surface area contributed by atoms with Gasteiger partial charge in [0.1, 0.15) is 0 Å². The van der Waals surface area contributed by atoms with Crippen LogP contribution < -0.4 is 0 Å². The van der Waals surface area contributed by atoms with E-state index in [9.17, 15) is 17.6 Å². The van der Waals surface area contributed by atoms with Crippen LogP contribution in [-0.2, 0) is 15.9 Å². The number of aryl methyl sites for hydroxylation is 1. The van der Waals surface area contributed by atoms with Crippen LogP contribution >= 0.6 is 0 Å². The molecule has 0 N–H and O–H groups in total. The molecule has 0 amide bonds. The molecule has 1 heterocycles. The zero-order valence-electron chi connectivity index (χ0n) is 19.6. The van der Waals surface area contributed by atoms with Gasteiger partial charge in [0.15, 0.2) is 29.6 Å². The number of rotatable bonds is 8. The van der Waals surface area contributed by atoms with Gasteiger partial charge in [-0.15, -0.1) is 6.58 Å². The fraction of sp³-hybridized carbons (Fsp3) is 0.310.